The molecule has 4 rings (SSSR count). The molecule has 0 fully saturated rings. The maximum Gasteiger partial charge on any atom is 0.175 e. The summed E-state index contributed by atoms with van der Waals surface area (Å²) in [6.07, 6.45) is 3.96. The lowest BCUT2D eigenvalue weighted by Crippen LogP contribution is -2.76. The predicted molar refractivity (Wildman–Crippen MR) is 86.5 cm³/mol. The second-order valence-electron chi connectivity index (χ2n) is 5.27. The number of hydrogen-bond acceptors (Lipinski definition) is 3. The van der Waals surface area contributed by atoms with Crippen molar-refractivity contribution in [3.8, 4) is 0 Å². The summed E-state index contributed by atoms with van der Waals surface area (Å²) in [5.41, 5.74) is 3.84. The largest absolute Gasteiger partial charge is 0.289 e. The number of H-pyrrole nitrogens is 3. The molecule has 0 unspecified atom stereocenters. The molecule has 3 N–H and O–H groups in total. The van der Waals surface area contributed by atoms with E-state index < -0.39 is 6.15 Å². The molecule has 108 valence electrons. The molecule has 0 aliphatic carbocycles. The molecule has 0 spiro atoms. The molecule has 1 aromatic carbocycles. The van der Waals surface area contributed by atoms with Crippen LogP contribution < -0.4 is 22.2 Å². The molecular weight excluding hydrogens is 275 g/mol. The monoisotopic (exact) mass is 289 g/mol. The van der Waals surface area contributed by atoms with E-state index >= 15 is 0 Å². The van der Waals surface area contributed by atoms with E-state index in [1.165, 1.54) is 0 Å². The first-order valence-corrected chi connectivity index (χ1v) is 7.14. The van der Waals surface area contributed by atoms with Gasteiger partial charge in [-0.15, -0.1) is 0 Å². The lowest BCUT2D eigenvalue weighted by molar-refractivity contribution is 1.09. The van der Waals surface area contributed by atoms with Crippen LogP contribution in [0, 0.1) is 0 Å². The highest BCUT2D eigenvalue weighted by Gasteiger charge is 2.37. The van der Waals surface area contributed by atoms with Gasteiger partial charge in [0.05, 0.1) is 0 Å². The number of nitrogens with zero attached hydrogens (tertiary/aromatic N) is 3. The van der Waals surface area contributed by atoms with Crippen LogP contribution in [-0.2, 0) is 0 Å². The summed E-state index contributed by atoms with van der Waals surface area (Å²) in [4.78, 5) is 0. The van der Waals surface area contributed by atoms with Gasteiger partial charge in [0, 0.05) is 18.6 Å². The maximum absolute atomic E-state index is 4.47. The Bertz CT molecular complexity index is 738. The average molecular weight is 289 g/mol. The summed E-state index contributed by atoms with van der Waals surface area (Å²) >= 11 is 0. The van der Waals surface area contributed by atoms with E-state index in [1.54, 1.807) is 0 Å². The Morgan fingerprint density at radius 1 is 0.591 bits per heavy atom. The quantitative estimate of drug-likeness (QED) is 0.431. The highest BCUT2D eigenvalue weighted by atomic mass is 15.1. The Hall–Kier alpha value is -3.09. The average Bonchev–Trinajstić information content (AvgIpc) is 3.34. The van der Waals surface area contributed by atoms with Gasteiger partial charge in [-0.25, -0.2) is 15.3 Å². The van der Waals surface area contributed by atoms with Crippen LogP contribution >= 0.6 is 0 Å². The van der Waals surface area contributed by atoms with Gasteiger partial charge in [0.2, 0.25) is 0 Å². The Balaban J connectivity index is 2.10. The predicted octanol–water partition coefficient (Wildman–Crippen LogP) is -0.767. The fourth-order valence-corrected chi connectivity index (χ4v) is 3.25. The van der Waals surface area contributed by atoms with E-state index in [9.17, 15) is 0 Å². The van der Waals surface area contributed by atoms with Crippen molar-refractivity contribution in [3.63, 3.8) is 0 Å². The molecule has 0 saturated heterocycles. The van der Waals surface area contributed by atoms with Crippen molar-refractivity contribution in [3.05, 3.63) is 67.1 Å². The summed E-state index contributed by atoms with van der Waals surface area (Å²) in [6, 6.07) is 16.2. The topological polar surface area (TPSA) is 86.0 Å². The van der Waals surface area contributed by atoms with Gasteiger partial charge in [-0.3, -0.25) is 15.3 Å². The smallest absolute Gasteiger partial charge is 0.175 e. The first kappa shape index (κ1) is 12.6. The second-order valence-corrected chi connectivity index (χ2v) is 5.27. The van der Waals surface area contributed by atoms with Gasteiger partial charge >= 0.3 is 0 Å². The van der Waals surface area contributed by atoms with E-state index in [1.807, 2.05) is 55.0 Å². The van der Waals surface area contributed by atoms with Gasteiger partial charge in [0.15, 0.2) is 6.15 Å². The molecule has 3 aromatic heterocycles. The Morgan fingerprint density at radius 2 is 1.05 bits per heavy atom. The Morgan fingerprint density at radius 3 is 1.41 bits per heavy atom. The molecule has 6 nitrogen and oxygen atoms in total. The molecule has 3 heterocycles. The van der Waals surface area contributed by atoms with Crippen molar-refractivity contribution in [2.24, 2.45) is 0 Å². The minimum atomic E-state index is -1.52. The summed E-state index contributed by atoms with van der Waals surface area (Å²) < 4.78 is 0. The standard InChI is InChI=1S/C15H14BN6/c1-2-4-12(5-3-1)16(13-6-9-17-20-13,14-7-10-18-21-14)15-8-11-19-22-15/h1-11H,(H,17,20)(H,18,21)(H,19,22)/q-1. The zero-order valence-corrected chi connectivity index (χ0v) is 11.8. The molecule has 22 heavy (non-hydrogen) atoms. The van der Waals surface area contributed by atoms with Gasteiger partial charge < -0.3 is 0 Å². The van der Waals surface area contributed by atoms with Crippen molar-refractivity contribution in [1.29, 1.82) is 0 Å². The molecule has 0 radical (unpaired) electrons. The van der Waals surface area contributed by atoms with E-state index in [2.05, 4.69) is 42.7 Å². The molecule has 0 amide bonds. The lowest BCUT2D eigenvalue weighted by Gasteiger charge is -2.36. The minimum Gasteiger partial charge on any atom is -0.289 e. The molecule has 7 heteroatoms. The van der Waals surface area contributed by atoms with Crippen LogP contribution in [-0.4, -0.2) is 36.7 Å². The number of aromatic amines is 3. The Labute approximate surface area is 126 Å². The third-order valence-corrected chi connectivity index (χ3v) is 4.20. The summed E-state index contributed by atoms with van der Waals surface area (Å²) in [5.74, 6) is 0. The molecule has 0 saturated carbocycles. The molecular formula is C15H14BN6-. The van der Waals surface area contributed by atoms with Crippen LogP contribution in [0.5, 0.6) is 0 Å². The third kappa shape index (κ3) is 1.72. The van der Waals surface area contributed by atoms with Crippen LogP contribution in [0.4, 0.5) is 0 Å². The van der Waals surface area contributed by atoms with Crippen LogP contribution in [0.3, 0.4) is 0 Å². The first-order chi connectivity index (χ1) is 10.9. The van der Waals surface area contributed by atoms with E-state index in [0.717, 1.165) is 22.2 Å². The second kappa shape index (κ2) is 5.03. The zero-order chi connectivity index (χ0) is 14.8. The van der Waals surface area contributed by atoms with Crippen molar-refractivity contribution in [1.82, 2.24) is 30.6 Å². The first-order valence-electron chi connectivity index (χ1n) is 7.14. The SMILES string of the molecule is c1ccc([B-](c2cc[nH]n2)(c2cc[nH]n2)c2cc[nH]n2)cc1. The molecule has 0 atom stereocenters. The number of benzene rings is 1. The summed E-state index contributed by atoms with van der Waals surface area (Å²) in [6.45, 7) is 0. The van der Waals surface area contributed by atoms with E-state index in [4.69, 9.17) is 0 Å². The van der Waals surface area contributed by atoms with Gasteiger partial charge in [-0.2, -0.15) is 5.46 Å². The summed E-state index contributed by atoms with van der Waals surface area (Å²) in [5, 5.41) is 22.2. The molecule has 0 aliphatic rings. The highest BCUT2D eigenvalue weighted by Crippen LogP contribution is 2.04. The van der Waals surface area contributed by atoms with Crippen molar-refractivity contribution >= 4 is 28.4 Å². The fourth-order valence-electron chi connectivity index (χ4n) is 3.25. The van der Waals surface area contributed by atoms with Gasteiger partial charge in [0.25, 0.3) is 0 Å². The van der Waals surface area contributed by atoms with Crippen molar-refractivity contribution < 1.29 is 0 Å². The van der Waals surface area contributed by atoms with Gasteiger partial charge in [-0.1, -0.05) is 65.3 Å². The number of nitrogens with one attached hydrogen (secondary N) is 3. The van der Waals surface area contributed by atoms with Crippen LogP contribution in [0.15, 0.2) is 67.1 Å². The van der Waals surface area contributed by atoms with Crippen molar-refractivity contribution in [2.75, 3.05) is 0 Å². The van der Waals surface area contributed by atoms with Gasteiger partial charge in [-0.05, 0) is 0 Å². The van der Waals surface area contributed by atoms with Crippen molar-refractivity contribution in [2.45, 2.75) is 0 Å². The molecule has 0 bridgehead atoms. The normalized spacial score (nSPS) is 11.6. The molecule has 0 aliphatic heterocycles. The lowest BCUT2D eigenvalue weighted by atomic mass is 9.16. The number of rotatable bonds is 4. The Kier molecular flexibility index (Phi) is 2.89. The summed E-state index contributed by atoms with van der Waals surface area (Å²) in [7, 11) is 0. The van der Waals surface area contributed by atoms with Crippen LogP contribution in [0.25, 0.3) is 0 Å². The van der Waals surface area contributed by atoms with Crippen LogP contribution in [0.1, 0.15) is 0 Å². The maximum atomic E-state index is 4.47. The van der Waals surface area contributed by atoms with E-state index in [-0.39, 0.29) is 0 Å². The zero-order valence-electron chi connectivity index (χ0n) is 11.8. The van der Waals surface area contributed by atoms with Crippen LogP contribution in [0.2, 0.25) is 0 Å². The fraction of sp³-hybridized carbons (Fsp3) is 0. The third-order valence-electron chi connectivity index (χ3n) is 4.20. The highest BCUT2D eigenvalue weighted by molar-refractivity contribution is 7.18. The van der Waals surface area contributed by atoms with Gasteiger partial charge in [0.1, 0.15) is 0 Å². The number of aromatic nitrogens is 6. The molecule has 4 aromatic rings. The van der Waals surface area contributed by atoms with E-state index in [0.29, 0.717) is 0 Å². The minimum absolute atomic E-state index is 0.908. The number of hydrogen-bond donors (Lipinski definition) is 3.